The molecule has 1 aromatic carbocycles. The molecule has 0 aliphatic heterocycles. The molecule has 0 radical (unpaired) electrons. The van der Waals surface area contributed by atoms with Crippen molar-refractivity contribution in [2.24, 2.45) is 0 Å². The number of aliphatic carboxylic acids is 1. The van der Waals surface area contributed by atoms with E-state index in [0.717, 1.165) is 0 Å². The molecule has 0 saturated carbocycles. The highest BCUT2D eigenvalue weighted by Crippen LogP contribution is 2.30. The molecule has 6 nitrogen and oxygen atoms in total. The van der Waals surface area contributed by atoms with Crippen molar-refractivity contribution < 1.29 is 14.7 Å². The average molecular weight is 328 g/mol. The zero-order chi connectivity index (χ0) is 15.6. The van der Waals surface area contributed by atoms with Crippen molar-refractivity contribution in [2.75, 3.05) is 5.32 Å². The van der Waals surface area contributed by atoms with Crippen molar-refractivity contribution >= 4 is 40.8 Å². The molecule has 2 aromatic rings. The highest BCUT2D eigenvalue weighted by atomic mass is 35.5. The molecule has 2 rings (SSSR count). The van der Waals surface area contributed by atoms with Crippen molar-refractivity contribution in [2.45, 2.75) is 13.0 Å². The maximum absolute atomic E-state index is 12.1. The molecule has 21 heavy (non-hydrogen) atoms. The first kappa shape index (κ1) is 15.3. The number of para-hydroxylation sites is 1. The summed E-state index contributed by atoms with van der Waals surface area (Å²) < 4.78 is 1.19. The van der Waals surface area contributed by atoms with Gasteiger partial charge in [-0.3, -0.25) is 9.48 Å². The van der Waals surface area contributed by atoms with E-state index in [2.05, 4.69) is 10.4 Å². The Bertz CT molecular complexity index is 679. The molecule has 2 N–H and O–H groups in total. The normalized spacial score (nSPS) is 12.0. The minimum atomic E-state index is -1.04. The predicted molar refractivity (Wildman–Crippen MR) is 79.0 cm³/mol. The van der Waals surface area contributed by atoms with Crippen molar-refractivity contribution in [3.05, 3.63) is 46.2 Å². The van der Waals surface area contributed by atoms with E-state index in [9.17, 15) is 9.59 Å². The molecule has 0 saturated heterocycles. The number of carbonyl (C=O) groups excluding carboxylic acids is 1. The van der Waals surface area contributed by atoms with Crippen LogP contribution in [0.5, 0.6) is 0 Å². The molecule has 1 heterocycles. The maximum Gasteiger partial charge on any atom is 0.328 e. The van der Waals surface area contributed by atoms with E-state index in [-0.39, 0.29) is 5.56 Å². The second-order valence-electron chi connectivity index (χ2n) is 4.27. The van der Waals surface area contributed by atoms with Crippen molar-refractivity contribution in [1.29, 1.82) is 0 Å². The van der Waals surface area contributed by atoms with Crippen molar-refractivity contribution in [3.8, 4) is 0 Å². The smallest absolute Gasteiger partial charge is 0.328 e. The van der Waals surface area contributed by atoms with Crippen LogP contribution in [-0.4, -0.2) is 26.8 Å². The average Bonchev–Trinajstić information content (AvgIpc) is 2.91. The quantitative estimate of drug-likeness (QED) is 0.903. The molecule has 0 fully saturated rings. The van der Waals surface area contributed by atoms with E-state index >= 15 is 0 Å². The Morgan fingerprint density at radius 1 is 1.33 bits per heavy atom. The van der Waals surface area contributed by atoms with Crippen LogP contribution in [-0.2, 0) is 4.79 Å². The number of halogens is 2. The van der Waals surface area contributed by atoms with Crippen molar-refractivity contribution in [1.82, 2.24) is 9.78 Å². The number of carboxylic acids is 1. The maximum atomic E-state index is 12.1. The topological polar surface area (TPSA) is 84.2 Å². The number of carboxylic acid groups (broad SMARTS) is 1. The van der Waals surface area contributed by atoms with Gasteiger partial charge in [-0.05, 0) is 19.1 Å². The van der Waals surface area contributed by atoms with Crippen LogP contribution < -0.4 is 5.32 Å². The van der Waals surface area contributed by atoms with Crippen LogP contribution in [0, 0.1) is 0 Å². The van der Waals surface area contributed by atoms with E-state index in [1.54, 1.807) is 18.2 Å². The second-order valence-corrected chi connectivity index (χ2v) is 5.09. The Balaban J connectivity index is 2.20. The fourth-order valence-corrected chi connectivity index (χ4v) is 2.08. The number of aromatic nitrogens is 2. The third-order valence-electron chi connectivity index (χ3n) is 2.82. The lowest BCUT2D eigenvalue weighted by molar-refractivity contribution is -0.140. The van der Waals surface area contributed by atoms with E-state index in [0.29, 0.717) is 15.7 Å². The molecule has 1 amide bonds. The predicted octanol–water partition coefficient (Wildman–Crippen LogP) is 3.09. The monoisotopic (exact) mass is 327 g/mol. The number of nitrogens with one attached hydrogen (secondary N) is 1. The summed E-state index contributed by atoms with van der Waals surface area (Å²) in [5.74, 6) is -1.52. The van der Waals surface area contributed by atoms with E-state index < -0.39 is 17.9 Å². The first-order valence-electron chi connectivity index (χ1n) is 5.92. The molecular formula is C13H11Cl2N3O3. The van der Waals surface area contributed by atoms with Gasteiger partial charge < -0.3 is 10.4 Å². The zero-order valence-electron chi connectivity index (χ0n) is 10.9. The van der Waals surface area contributed by atoms with Crippen LogP contribution in [0.3, 0.4) is 0 Å². The standard InChI is InChI=1S/C13H11Cl2N3O3/c1-7(13(20)21)18-6-8(5-16-18)12(19)17-11-9(14)3-2-4-10(11)15/h2-7H,1H3,(H,17,19)(H,20,21). The largest absolute Gasteiger partial charge is 0.480 e. The zero-order valence-corrected chi connectivity index (χ0v) is 12.4. The van der Waals surface area contributed by atoms with Gasteiger partial charge in [-0.2, -0.15) is 5.10 Å². The Morgan fingerprint density at radius 3 is 2.52 bits per heavy atom. The number of hydrogen-bond donors (Lipinski definition) is 2. The summed E-state index contributed by atoms with van der Waals surface area (Å²) in [5, 5.41) is 15.9. The Morgan fingerprint density at radius 2 is 1.95 bits per heavy atom. The van der Waals surface area contributed by atoms with Gasteiger partial charge in [-0.25, -0.2) is 4.79 Å². The first-order chi connectivity index (χ1) is 9.90. The third kappa shape index (κ3) is 3.34. The minimum absolute atomic E-state index is 0.207. The summed E-state index contributed by atoms with van der Waals surface area (Å²) in [6.07, 6.45) is 2.62. The molecule has 1 unspecified atom stereocenters. The molecule has 0 aliphatic rings. The van der Waals surface area contributed by atoms with Crippen LogP contribution in [0.1, 0.15) is 23.3 Å². The molecule has 0 aliphatic carbocycles. The SMILES string of the molecule is CC(C(=O)O)n1cc(C(=O)Nc2c(Cl)cccc2Cl)cn1. The summed E-state index contributed by atoms with van der Waals surface area (Å²) in [7, 11) is 0. The van der Waals surface area contributed by atoms with Gasteiger partial charge in [-0.15, -0.1) is 0 Å². The van der Waals surface area contributed by atoms with Crippen LogP contribution in [0.15, 0.2) is 30.6 Å². The van der Waals surface area contributed by atoms with Crippen LogP contribution in [0.2, 0.25) is 10.0 Å². The first-order valence-corrected chi connectivity index (χ1v) is 6.68. The minimum Gasteiger partial charge on any atom is -0.480 e. The summed E-state index contributed by atoms with van der Waals surface area (Å²) in [5.41, 5.74) is 0.504. The fraction of sp³-hybridized carbons (Fsp3) is 0.154. The van der Waals surface area contributed by atoms with Crippen LogP contribution in [0.25, 0.3) is 0 Å². The number of anilines is 1. The Hall–Kier alpha value is -2.05. The number of rotatable bonds is 4. The highest BCUT2D eigenvalue weighted by Gasteiger charge is 2.17. The highest BCUT2D eigenvalue weighted by molar-refractivity contribution is 6.40. The summed E-state index contributed by atoms with van der Waals surface area (Å²) in [6.45, 7) is 1.46. The van der Waals surface area contributed by atoms with E-state index in [4.69, 9.17) is 28.3 Å². The number of benzene rings is 1. The summed E-state index contributed by atoms with van der Waals surface area (Å²) in [4.78, 5) is 23.0. The molecular weight excluding hydrogens is 317 g/mol. The number of carbonyl (C=O) groups is 2. The summed E-state index contributed by atoms with van der Waals surface area (Å²) in [6, 6.07) is 3.99. The van der Waals surface area contributed by atoms with Gasteiger partial charge in [0.05, 0.1) is 27.5 Å². The van der Waals surface area contributed by atoms with Gasteiger partial charge in [0.15, 0.2) is 0 Å². The van der Waals surface area contributed by atoms with Crippen molar-refractivity contribution in [3.63, 3.8) is 0 Å². The Labute approximate surface area is 130 Å². The van der Waals surface area contributed by atoms with Gasteiger partial charge in [0.2, 0.25) is 0 Å². The molecule has 1 atom stereocenters. The molecule has 8 heteroatoms. The van der Waals surface area contributed by atoms with Gasteiger partial charge in [0.1, 0.15) is 6.04 Å². The molecule has 110 valence electrons. The van der Waals surface area contributed by atoms with Gasteiger partial charge in [0, 0.05) is 6.20 Å². The molecule has 0 spiro atoms. The van der Waals surface area contributed by atoms with Gasteiger partial charge >= 0.3 is 5.97 Å². The fourth-order valence-electron chi connectivity index (χ4n) is 1.58. The lowest BCUT2D eigenvalue weighted by Crippen LogP contribution is -2.16. The third-order valence-corrected chi connectivity index (χ3v) is 3.45. The van der Waals surface area contributed by atoms with E-state index in [1.807, 2.05) is 0 Å². The summed E-state index contributed by atoms with van der Waals surface area (Å²) >= 11 is 11.9. The van der Waals surface area contributed by atoms with E-state index in [1.165, 1.54) is 24.0 Å². The van der Waals surface area contributed by atoms with Gasteiger partial charge in [0.25, 0.3) is 5.91 Å². The lowest BCUT2D eigenvalue weighted by Gasteiger charge is -2.08. The van der Waals surface area contributed by atoms with Gasteiger partial charge in [-0.1, -0.05) is 29.3 Å². The Kier molecular flexibility index (Phi) is 4.50. The number of hydrogen-bond acceptors (Lipinski definition) is 3. The number of nitrogens with zero attached hydrogens (tertiary/aromatic N) is 2. The van der Waals surface area contributed by atoms with Crippen LogP contribution >= 0.6 is 23.2 Å². The molecule has 0 bridgehead atoms. The van der Waals surface area contributed by atoms with Crippen LogP contribution in [0.4, 0.5) is 5.69 Å². The number of amides is 1. The second kappa shape index (κ2) is 6.15. The molecule has 1 aromatic heterocycles. The lowest BCUT2D eigenvalue weighted by atomic mass is 10.2.